The Morgan fingerprint density at radius 3 is 2.85 bits per heavy atom. The van der Waals surface area contributed by atoms with E-state index in [2.05, 4.69) is 0 Å². The van der Waals surface area contributed by atoms with Gasteiger partial charge in [0.15, 0.2) is 0 Å². The first-order valence-electron chi connectivity index (χ1n) is 3.82. The van der Waals surface area contributed by atoms with Crippen LogP contribution in [0.15, 0.2) is 24.3 Å². The van der Waals surface area contributed by atoms with Crippen LogP contribution in [0.3, 0.4) is 0 Å². The van der Waals surface area contributed by atoms with Gasteiger partial charge in [0.2, 0.25) is 0 Å². The fraction of sp³-hybridized carbons (Fsp3) is 0.222. The molecule has 0 unspecified atom stereocenters. The first-order chi connectivity index (χ1) is 6.09. The Morgan fingerprint density at radius 2 is 2.31 bits per heavy atom. The van der Waals surface area contributed by atoms with Crippen LogP contribution in [-0.4, -0.2) is 17.1 Å². The third-order valence-electron chi connectivity index (χ3n) is 1.66. The van der Waals surface area contributed by atoms with Crippen molar-refractivity contribution in [3.63, 3.8) is 0 Å². The summed E-state index contributed by atoms with van der Waals surface area (Å²) in [5.41, 5.74) is 5.87. The Morgan fingerprint density at radius 1 is 1.62 bits per heavy atom. The van der Waals surface area contributed by atoms with Gasteiger partial charge in [0.25, 0.3) is 0 Å². The van der Waals surface area contributed by atoms with Crippen molar-refractivity contribution in [2.24, 2.45) is 5.73 Å². The van der Waals surface area contributed by atoms with Gasteiger partial charge < -0.3 is 10.8 Å². The molecule has 0 radical (unpaired) electrons. The Bertz CT molecular complexity index is 314. The average molecular weight is 183 g/mol. The van der Waals surface area contributed by atoms with E-state index >= 15 is 0 Å². The second-order valence-electron chi connectivity index (χ2n) is 2.78. The van der Waals surface area contributed by atoms with Crippen molar-refractivity contribution in [1.82, 2.24) is 0 Å². The minimum absolute atomic E-state index is 0.146. The number of nitrogens with two attached hydrogens (primary N) is 1. The molecule has 3 N–H and O–H groups in total. The lowest BCUT2D eigenvalue weighted by atomic mass is 10.1. The first-order valence-corrected chi connectivity index (χ1v) is 3.82. The molecule has 1 aromatic carbocycles. The van der Waals surface area contributed by atoms with Gasteiger partial charge in [-0.3, -0.25) is 4.79 Å². The van der Waals surface area contributed by atoms with Gasteiger partial charge in [-0.2, -0.15) is 0 Å². The molecular formula is C9H10FNO2. The number of halogens is 1. The van der Waals surface area contributed by atoms with Crippen molar-refractivity contribution in [2.45, 2.75) is 12.5 Å². The fourth-order valence-electron chi connectivity index (χ4n) is 1.01. The Labute approximate surface area is 75.0 Å². The van der Waals surface area contributed by atoms with Crippen LogP contribution >= 0.6 is 0 Å². The lowest BCUT2D eigenvalue weighted by molar-refractivity contribution is -0.138. The van der Waals surface area contributed by atoms with Crippen LogP contribution in [0.4, 0.5) is 4.39 Å². The first kappa shape index (κ1) is 9.67. The van der Waals surface area contributed by atoms with Gasteiger partial charge in [-0.1, -0.05) is 12.1 Å². The monoisotopic (exact) mass is 183 g/mol. The van der Waals surface area contributed by atoms with Gasteiger partial charge in [0, 0.05) is 0 Å². The van der Waals surface area contributed by atoms with E-state index in [0.29, 0.717) is 5.56 Å². The summed E-state index contributed by atoms with van der Waals surface area (Å²) < 4.78 is 12.6. The zero-order valence-corrected chi connectivity index (χ0v) is 6.90. The zero-order valence-electron chi connectivity index (χ0n) is 6.90. The predicted molar refractivity (Wildman–Crippen MR) is 45.7 cm³/mol. The topological polar surface area (TPSA) is 63.3 Å². The van der Waals surface area contributed by atoms with Crippen LogP contribution in [-0.2, 0) is 11.2 Å². The van der Waals surface area contributed by atoms with E-state index in [4.69, 9.17) is 10.8 Å². The lowest BCUT2D eigenvalue weighted by Crippen LogP contribution is -2.32. The van der Waals surface area contributed by atoms with Crippen LogP contribution in [0, 0.1) is 5.82 Å². The van der Waals surface area contributed by atoms with Crippen molar-refractivity contribution in [1.29, 1.82) is 0 Å². The van der Waals surface area contributed by atoms with Gasteiger partial charge in [0.1, 0.15) is 11.9 Å². The van der Waals surface area contributed by atoms with Gasteiger partial charge in [0.05, 0.1) is 0 Å². The lowest BCUT2D eigenvalue weighted by Gasteiger charge is -2.05. The maximum atomic E-state index is 12.6. The number of benzene rings is 1. The van der Waals surface area contributed by atoms with E-state index < -0.39 is 12.0 Å². The highest BCUT2D eigenvalue weighted by molar-refractivity contribution is 5.73. The fourth-order valence-corrected chi connectivity index (χ4v) is 1.01. The maximum Gasteiger partial charge on any atom is 0.320 e. The van der Waals surface area contributed by atoms with E-state index in [-0.39, 0.29) is 12.2 Å². The van der Waals surface area contributed by atoms with Crippen molar-refractivity contribution < 1.29 is 14.3 Å². The van der Waals surface area contributed by atoms with Gasteiger partial charge in [-0.25, -0.2) is 4.39 Å². The highest BCUT2D eigenvalue weighted by atomic mass is 19.1. The third kappa shape index (κ3) is 2.83. The molecule has 0 bridgehead atoms. The van der Waals surface area contributed by atoms with E-state index in [0.717, 1.165) is 0 Å². The average Bonchev–Trinajstić information content (AvgIpc) is 2.04. The Kier molecular flexibility index (Phi) is 2.97. The number of carboxylic acids is 1. The largest absolute Gasteiger partial charge is 0.480 e. The SMILES string of the molecule is N[C@H](Cc1cccc(F)c1)C(=O)O. The van der Waals surface area contributed by atoms with E-state index in [1.165, 1.54) is 18.2 Å². The molecule has 0 aliphatic rings. The quantitative estimate of drug-likeness (QED) is 0.727. The smallest absolute Gasteiger partial charge is 0.320 e. The van der Waals surface area contributed by atoms with Crippen molar-refractivity contribution >= 4 is 5.97 Å². The molecule has 0 aliphatic carbocycles. The summed E-state index contributed by atoms with van der Waals surface area (Å²) in [6.07, 6.45) is 0.146. The van der Waals surface area contributed by atoms with E-state index in [9.17, 15) is 9.18 Å². The van der Waals surface area contributed by atoms with Crippen molar-refractivity contribution in [3.05, 3.63) is 35.6 Å². The van der Waals surface area contributed by atoms with Crippen LogP contribution < -0.4 is 5.73 Å². The summed E-state index contributed by atoms with van der Waals surface area (Å²) in [4.78, 5) is 10.4. The Balaban J connectivity index is 2.69. The van der Waals surface area contributed by atoms with Crippen LogP contribution in [0.2, 0.25) is 0 Å². The van der Waals surface area contributed by atoms with Crippen LogP contribution in [0.1, 0.15) is 5.56 Å². The molecule has 0 spiro atoms. The molecular weight excluding hydrogens is 173 g/mol. The second kappa shape index (κ2) is 4.00. The van der Waals surface area contributed by atoms with Crippen LogP contribution in [0.25, 0.3) is 0 Å². The molecule has 0 heterocycles. The van der Waals surface area contributed by atoms with Gasteiger partial charge >= 0.3 is 5.97 Å². The molecule has 3 nitrogen and oxygen atoms in total. The molecule has 70 valence electrons. The van der Waals surface area contributed by atoms with Gasteiger partial charge in [-0.15, -0.1) is 0 Å². The summed E-state index contributed by atoms with van der Waals surface area (Å²) in [5.74, 6) is -1.46. The Hall–Kier alpha value is -1.42. The number of carboxylic acid groups (broad SMARTS) is 1. The van der Waals surface area contributed by atoms with E-state index in [1.54, 1.807) is 6.07 Å². The summed E-state index contributed by atoms with van der Waals surface area (Å²) in [7, 11) is 0. The minimum atomic E-state index is -1.08. The van der Waals surface area contributed by atoms with E-state index in [1.807, 2.05) is 0 Å². The highest BCUT2D eigenvalue weighted by Crippen LogP contribution is 2.05. The molecule has 1 rings (SSSR count). The number of hydrogen-bond donors (Lipinski definition) is 2. The maximum absolute atomic E-state index is 12.6. The third-order valence-corrected chi connectivity index (χ3v) is 1.66. The molecule has 1 aromatic rings. The zero-order chi connectivity index (χ0) is 9.84. The van der Waals surface area contributed by atoms with Crippen molar-refractivity contribution in [2.75, 3.05) is 0 Å². The van der Waals surface area contributed by atoms with Crippen LogP contribution in [0.5, 0.6) is 0 Å². The summed E-state index contributed by atoms with van der Waals surface area (Å²) in [5, 5.41) is 8.49. The minimum Gasteiger partial charge on any atom is -0.480 e. The predicted octanol–water partition coefficient (Wildman–Crippen LogP) is 0.780. The standard InChI is InChI=1S/C9H10FNO2/c10-7-3-1-2-6(4-7)5-8(11)9(12)13/h1-4,8H,5,11H2,(H,12,13)/t8-/m1/s1. The summed E-state index contributed by atoms with van der Waals surface area (Å²) in [6, 6.07) is 4.78. The number of rotatable bonds is 3. The second-order valence-corrected chi connectivity index (χ2v) is 2.78. The molecule has 1 atom stereocenters. The normalized spacial score (nSPS) is 12.5. The summed E-state index contributed by atoms with van der Waals surface area (Å²) >= 11 is 0. The highest BCUT2D eigenvalue weighted by Gasteiger charge is 2.11. The summed E-state index contributed by atoms with van der Waals surface area (Å²) in [6.45, 7) is 0. The number of aliphatic carboxylic acids is 1. The molecule has 0 aliphatic heterocycles. The molecule has 0 saturated heterocycles. The molecule has 0 aromatic heterocycles. The molecule has 4 heteroatoms. The van der Waals surface area contributed by atoms with Crippen molar-refractivity contribution in [3.8, 4) is 0 Å². The molecule has 0 fully saturated rings. The molecule has 0 amide bonds. The molecule has 13 heavy (non-hydrogen) atoms. The molecule has 0 saturated carbocycles. The number of carbonyl (C=O) groups is 1. The number of hydrogen-bond acceptors (Lipinski definition) is 2. The van der Waals surface area contributed by atoms with Gasteiger partial charge in [-0.05, 0) is 24.1 Å².